The first-order valence-corrected chi connectivity index (χ1v) is 8.07. The van der Waals surface area contributed by atoms with Crippen LogP contribution in [0.1, 0.15) is 5.56 Å². The minimum absolute atomic E-state index is 0.199. The van der Waals surface area contributed by atoms with Gasteiger partial charge in [0.1, 0.15) is 0 Å². The maximum atomic E-state index is 5.85. The lowest BCUT2D eigenvalue weighted by Gasteiger charge is -2.15. The van der Waals surface area contributed by atoms with Gasteiger partial charge in [0, 0.05) is 17.3 Å². The van der Waals surface area contributed by atoms with Crippen LogP contribution in [0.4, 0.5) is 5.95 Å². The van der Waals surface area contributed by atoms with Crippen molar-refractivity contribution < 1.29 is 14.2 Å². The molecule has 0 fully saturated rings. The Morgan fingerprint density at radius 2 is 1.46 bits per heavy atom. The highest BCUT2D eigenvalue weighted by molar-refractivity contribution is 5.82. The van der Waals surface area contributed by atoms with Crippen molar-refractivity contribution in [2.24, 2.45) is 0 Å². The number of hydrogen-bond donors (Lipinski definition) is 1. The van der Waals surface area contributed by atoms with Crippen LogP contribution in [0, 0.1) is 6.92 Å². The molecule has 1 aromatic heterocycles. The van der Waals surface area contributed by atoms with Gasteiger partial charge in [-0.1, -0.05) is 29.8 Å². The third kappa shape index (κ3) is 3.26. The van der Waals surface area contributed by atoms with Crippen LogP contribution in [0.25, 0.3) is 22.4 Å². The van der Waals surface area contributed by atoms with Gasteiger partial charge in [0.15, 0.2) is 11.5 Å². The summed E-state index contributed by atoms with van der Waals surface area (Å²) < 4.78 is 16.3. The molecule has 0 bridgehead atoms. The summed E-state index contributed by atoms with van der Waals surface area (Å²) in [4.78, 5) is 8.63. The molecule has 2 N–H and O–H groups in total. The third-order valence-electron chi connectivity index (χ3n) is 4.11. The van der Waals surface area contributed by atoms with Gasteiger partial charge in [-0.2, -0.15) is 0 Å². The van der Waals surface area contributed by atoms with Gasteiger partial charge in [0.05, 0.1) is 27.0 Å². The molecule has 6 nitrogen and oxygen atoms in total. The highest BCUT2D eigenvalue weighted by atomic mass is 16.5. The zero-order chi connectivity index (χ0) is 18.7. The van der Waals surface area contributed by atoms with E-state index < -0.39 is 0 Å². The first-order chi connectivity index (χ1) is 12.6. The molecule has 0 aliphatic rings. The fraction of sp³-hybridized carbons (Fsp3) is 0.200. The Bertz CT molecular complexity index is 899. The summed E-state index contributed by atoms with van der Waals surface area (Å²) in [7, 11) is 4.73. The molecule has 6 heteroatoms. The van der Waals surface area contributed by atoms with Crippen LogP contribution >= 0.6 is 0 Å². The number of nitrogens with zero attached hydrogens (tertiary/aromatic N) is 2. The molecular weight excluding hydrogens is 330 g/mol. The first-order valence-electron chi connectivity index (χ1n) is 8.07. The van der Waals surface area contributed by atoms with E-state index in [1.54, 1.807) is 27.5 Å². The lowest BCUT2D eigenvalue weighted by Crippen LogP contribution is -2.00. The number of methoxy groups -OCH3 is 3. The second kappa shape index (κ2) is 7.31. The predicted molar refractivity (Wildman–Crippen MR) is 102 cm³/mol. The lowest BCUT2D eigenvalue weighted by atomic mass is 9.99. The minimum atomic E-state index is 0.199. The molecule has 134 valence electrons. The van der Waals surface area contributed by atoms with E-state index >= 15 is 0 Å². The summed E-state index contributed by atoms with van der Waals surface area (Å²) >= 11 is 0. The molecule has 2 aromatic carbocycles. The zero-order valence-corrected chi connectivity index (χ0v) is 15.2. The Morgan fingerprint density at radius 3 is 2.00 bits per heavy atom. The summed E-state index contributed by atoms with van der Waals surface area (Å²) in [5.74, 6) is 1.82. The molecule has 0 atom stereocenters. The molecule has 0 spiro atoms. The van der Waals surface area contributed by atoms with Crippen LogP contribution in [-0.4, -0.2) is 31.3 Å². The summed E-state index contributed by atoms with van der Waals surface area (Å²) in [5, 5.41) is 0. The molecule has 0 radical (unpaired) electrons. The van der Waals surface area contributed by atoms with E-state index in [0.29, 0.717) is 22.9 Å². The first kappa shape index (κ1) is 17.5. The van der Waals surface area contributed by atoms with Gasteiger partial charge in [-0.25, -0.2) is 9.97 Å². The van der Waals surface area contributed by atoms with Gasteiger partial charge in [0.2, 0.25) is 11.7 Å². The van der Waals surface area contributed by atoms with Gasteiger partial charge in [0.25, 0.3) is 0 Å². The fourth-order valence-electron chi connectivity index (χ4n) is 2.78. The van der Waals surface area contributed by atoms with Crippen molar-refractivity contribution in [3.8, 4) is 39.6 Å². The van der Waals surface area contributed by atoms with Crippen molar-refractivity contribution in [2.75, 3.05) is 27.1 Å². The normalized spacial score (nSPS) is 10.5. The topological polar surface area (TPSA) is 79.5 Å². The fourth-order valence-corrected chi connectivity index (χ4v) is 2.78. The largest absolute Gasteiger partial charge is 0.493 e. The highest BCUT2D eigenvalue weighted by Crippen LogP contribution is 2.42. The molecule has 0 aliphatic heterocycles. The third-order valence-corrected chi connectivity index (χ3v) is 4.11. The second-order valence-electron chi connectivity index (χ2n) is 5.77. The molecule has 3 rings (SSSR count). The van der Waals surface area contributed by atoms with Crippen LogP contribution in [-0.2, 0) is 0 Å². The molecule has 0 saturated carbocycles. The number of anilines is 1. The van der Waals surface area contributed by atoms with Crippen LogP contribution in [0.3, 0.4) is 0 Å². The zero-order valence-electron chi connectivity index (χ0n) is 15.2. The Morgan fingerprint density at radius 1 is 0.846 bits per heavy atom. The van der Waals surface area contributed by atoms with Gasteiger partial charge in [-0.15, -0.1) is 0 Å². The second-order valence-corrected chi connectivity index (χ2v) is 5.77. The van der Waals surface area contributed by atoms with Crippen molar-refractivity contribution >= 4 is 5.95 Å². The van der Waals surface area contributed by atoms with Crippen LogP contribution in [0.2, 0.25) is 0 Å². The van der Waals surface area contributed by atoms with E-state index in [2.05, 4.69) is 9.97 Å². The number of ether oxygens (including phenoxy) is 3. The van der Waals surface area contributed by atoms with E-state index in [-0.39, 0.29) is 5.95 Å². The molecule has 3 aromatic rings. The quantitative estimate of drug-likeness (QED) is 0.754. The summed E-state index contributed by atoms with van der Waals surface area (Å²) in [5.41, 5.74) is 10.4. The lowest BCUT2D eigenvalue weighted by molar-refractivity contribution is 0.324. The summed E-state index contributed by atoms with van der Waals surface area (Å²) in [6.45, 7) is 2.05. The van der Waals surface area contributed by atoms with Gasteiger partial charge in [-0.05, 0) is 24.6 Å². The van der Waals surface area contributed by atoms with Crippen molar-refractivity contribution in [2.45, 2.75) is 6.92 Å². The molecule has 0 saturated heterocycles. The van der Waals surface area contributed by atoms with Gasteiger partial charge < -0.3 is 19.9 Å². The number of aryl methyl sites for hydroxylation is 1. The number of hydrogen-bond acceptors (Lipinski definition) is 6. The Kier molecular flexibility index (Phi) is 4.93. The Balaban J connectivity index is 2.23. The standard InChI is InChI=1S/C20H21N3O3/c1-12-5-7-13(8-6-12)15-11-22-20(21)23-18(15)14-9-16(24-2)19(26-4)17(10-14)25-3/h5-11H,1-4H3,(H2,21,22,23). The van der Waals surface area contributed by atoms with Crippen molar-refractivity contribution in [3.63, 3.8) is 0 Å². The molecule has 0 aliphatic carbocycles. The summed E-state index contributed by atoms with van der Waals surface area (Å²) in [6, 6.07) is 11.9. The van der Waals surface area contributed by atoms with Crippen LogP contribution < -0.4 is 19.9 Å². The SMILES string of the molecule is COc1cc(-c2nc(N)ncc2-c2ccc(C)cc2)cc(OC)c1OC. The van der Waals surface area contributed by atoms with Crippen LogP contribution in [0.15, 0.2) is 42.6 Å². The number of benzene rings is 2. The molecule has 0 amide bonds. The number of nitrogens with two attached hydrogens (primary N) is 1. The summed E-state index contributed by atoms with van der Waals surface area (Å²) in [6.07, 6.45) is 1.73. The van der Waals surface area contributed by atoms with Crippen molar-refractivity contribution in [1.29, 1.82) is 0 Å². The van der Waals surface area contributed by atoms with Gasteiger partial charge in [-0.3, -0.25) is 0 Å². The van der Waals surface area contributed by atoms with Crippen molar-refractivity contribution in [1.82, 2.24) is 9.97 Å². The van der Waals surface area contributed by atoms with Gasteiger partial charge >= 0.3 is 0 Å². The Labute approximate surface area is 152 Å². The smallest absolute Gasteiger partial charge is 0.220 e. The molecule has 0 unspecified atom stereocenters. The van der Waals surface area contributed by atoms with E-state index in [0.717, 1.165) is 16.7 Å². The average Bonchev–Trinajstić information content (AvgIpc) is 2.67. The molecule has 1 heterocycles. The minimum Gasteiger partial charge on any atom is -0.493 e. The van der Waals surface area contributed by atoms with E-state index in [9.17, 15) is 0 Å². The maximum absolute atomic E-state index is 5.85. The number of aromatic nitrogens is 2. The molecule has 26 heavy (non-hydrogen) atoms. The predicted octanol–water partition coefficient (Wildman–Crippen LogP) is 3.73. The number of rotatable bonds is 5. The van der Waals surface area contributed by atoms with E-state index in [4.69, 9.17) is 19.9 Å². The maximum Gasteiger partial charge on any atom is 0.220 e. The van der Waals surface area contributed by atoms with Crippen molar-refractivity contribution in [3.05, 3.63) is 48.2 Å². The number of nitrogen functional groups attached to an aromatic ring is 1. The Hall–Kier alpha value is -3.28. The monoisotopic (exact) mass is 351 g/mol. The van der Waals surface area contributed by atoms with E-state index in [1.807, 2.05) is 43.3 Å². The van der Waals surface area contributed by atoms with E-state index in [1.165, 1.54) is 5.56 Å². The highest BCUT2D eigenvalue weighted by Gasteiger charge is 2.18. The average molecular weight is 351 g/mol. The van der Waals surface area contributed by atoms with Crippen LogP contribution in [0.5, 0.6) is 17.2 Å². The molecular formula is C20H21N3O3.